The second kappa shape index (κ2) is 7.51. The summed E-state index contributed by atoms with van der Waals surface area (Å²) in [6, 6.07) is 28.9. The van der Waals surface area contributed by atoms with Crippen LogP contribution >= 0.6 is 0 Å². The number of hydrogen-bond acceptors (Lipinski definition) is 3. The van der Waals surface area contributed by atoms with Crippen LogP contribution in [0.25, 0.3) is 5.69 Å². The first-order chi connectivity index (χ1) is 15.0. The SMILES string of the molecule is CN1c2ccccc2C(C)(C)C1c1cc[n+](-c2ccc(N=Nc3ccccc3)cc2)[nH]1. The van der Waals surface area contributed by atoms with E-state index in [0.717, 1.165) is 17.1 Å². The second-order valence-corrected chi connectivity index (χ2v) is 8.56. The Labute approximate surface area is 182 Å². The van der Waals surface area contributed by atoms with Gasteiger partial charge in [-0.15, -0.1) is 0 Å². The molecule has 5 rings (SSSR count). The van der Waals surface area contributed by atoms with Crippen molar-refractivity contribution < 1.29 is 4.68 Å². The number of aromatic nitrogens is 2. The van der Waals surface area contributed by atoms with E-state index in [-0.39, 0.29) is 11.5 Å². The molecule has 1 unspecified atom stereocenters. The van der Waals surface area contributed by atoms with Crippen molar-refractivity contribution in [3.8, 4) is 5.69 Å². The molecule has 2 heterocycles. The van der Waals surface area contributed by atoms with E-state index in [1.807, 2.05) is 42.5 Å². The van der Waals surface area contributed by atoms with Gasteiger partial charge in [0.15, 0.2) is 0 Å². The predicted molar refractivity (Wildman–Crippen MR) is 124 cm³/mol. The van der Waals surface area contributed by atoms with Crippen LogP contribution < -0.4 is 9.58 Å². The zero-order valence-electron chi connectivity index (χ0n) is 18.0. The molecule has 0 spiro atoms. The Morgan fingerprint density at radius 3 is 2.16 bits per heavy atom. The lowest BCUT2D eigenvalue weighted by Crippen LogP contribution is -2.35. The average molecular weight is 409 g/mol. The van der Waals surface area contributed by atoms with Gasteiger partial charge >= 0.3 is 0 Å². The number of nitrogens with one attached hydrogen (secondary N) is 1. The summed E-state index contributed by atoms with van der Waals surface area (Å²) >= 11 is 0. The van der Waals surface area contributed by atoms with Crippen molar-refractivity contribution in [3.63, 3.8) is 0 Å². The molecule has 3 aromatic carbocycles. The van der Waals surface area contributed by atoms with Gasteiger partial charge in [0.25, 0.3) is 0 Å². The first kappa shape index (κ1) is 19.2. The van der Waals surface area contributed by atoms with Crippen LogP contribution in [0.1, 0.15) is 31.1 Å². The van der Waals surface area contributed by atoms with Crippen molar-refractivity contribution in [2.75, 3.05) is 11.9 Å². The molecule has 4 aromatic rings. The molecule has 154 valence electrons. The Kier molecular flexibility index (Phi) is 4.66. The van der Waals surface area contributed by atoms with Gasteiger partial charge in [0.2, 0.25) is 11.9 Å². The summed E-state index contributed by atoms with van der Waals surface area (Å²) in [7, 11) is 2.18. The number of hydrogen-bond donors (Lipinski definition) is 1. The monoisotopic (exact) mass is 408 g/mol. The minimum Gasteiger partial charge on any atom is -0.365 e. The molecule has 1 aromatic heterocycles. The number of anilines is 1. The molecule has 0 saturated heterocycles. The lowest BCUT2D eigenvalue weighted by atomic mass is 9.79. The van der Waals surface area contributed by atoms with Gasteiger partial charge in [0.1, 0.15) is 5.69 Å². The summed E-state index contributed by atoms with van der Waals surface area (Å²) in [6.45, 7) is 4.63. The van der Waals surface area contributed by atoms with E-state index < -0.39 is 0 Å². The Morgan fingerprint density at radius 2 is 1.45 bits per heavy atom. The quantitative estimate of drug-likeness (QED) is 0.318. The van der Waals surface area contributed by atoms with Gasteiger partial charge in [0.05, 0.1) is 17.4 Å². The first-order valence-corrected chi connectivity index (χ1v) is 10.5. The molecule has 0 bridgehead atoms. The minimum atomic E-state index is 0.00963. The van der Waals surface area contributed by atoms with Crippen molar-refractivity contribution in [3.05, 3.63) is 102 Å². The number of fused-ring (bicyclic) bond motifs is 1. The number of aromatic amines is 1. The Bertz CT molecular complexity index is 1220. The lowest BCUT2D eigenvalue weighted by Gasteiger charge is -2.30. The van der Waals surface area contributed by atoms with Crippen molar-refractivity contribution in [1.29, 1.82) is 0 Å². The maximum atomic E-state index is 4.33. The van der Waals surface area contributed by atoms with E-state index in [4.69, 9.17) is 0 Å². The molecule has 1 aliphatic heterocycles. The molecule has 1 aliphatic rings. The van der Waals surface area contributed by atoms with E-state index in [2.05, 4.69) is 94.5 Å². The van der Waals surface area contributed by atoms with Crippen molar-refractivity contribution in [2.45, 2.75) is 25.3 Å². The zero-order valence-corrected chi connectivity index (χ0v) is 18.0. The van der Waals surface area contributed by atoms with Crippen LogP contribution in [0.15, 0.2) is 101 Å². The van der Waals surface area contributed by atoms with Gasteiger partial charge in [-0.05, 0) is 35.9 Å². The summed E-state index contributed by atoms with van der Waals surface area (Å²) < 4.78 is 2.06. The Hall–Kier alpha value is -3.73. The second-order valence-electron chi connectivity index (χ2n) is 8.56. The van der Waals surface area contributed by atoms with Gasteiger partial charge in [0, 0.05) is 36.3 Å². The number of rotatable bonds is 4. The summed E-state index contributed by atoms with van der Waals surface area (Å²) in [6.07, 6.45) is 2.09. The predicted octanol–water partition coefficient (Wildman–Crippen LogP) is 6.18. The molecule has 5 nitrogen and oxygen atoms in total. The summed E-state index contributed by atoms with van der Waals surface area (Å²) in [5, 5.41) is 12.2. The molecule has 0 aliphatic carbocycles. The lowest BCUT2D eigenvalue weighted by molar-refractivity contribution is -0.656. The normalized spacial score (nSPS) is 17.3. The largest absolute Gasteiger partial charge is 0.365 e. The fraction of sp³-hybridized carbons (Fsp3) is 0.192. The fourth-order valence-electron chi connectivity index (χ4n) is 4.66. The highest BCUT2D eigenvalue weighted by molar-refractivity contribution is 5.64. The van der Waals surface area contributed by atoms with E-state index in [1.54, 1.807) is 0 Å². The van der Waals surface area contributed by atoms with E-state index in [0.29, 0.717) is 0 Å². The summed E-state index contributed by atoms with van der Waals surface area (Å²) in [4.78, 5) is 2.37. The van der Waals surface area contributed by atoms with Crippen molar-refractivity contribution >= 4 is 17.1 Å². The average Bonchev–Trinajstić information content (AvgIpc) is 3.35. The van der Waals surface area contributed by atoms with Crippen LogP contribution in [0.2, 0.25) is 0 Å². The minimum absolute atomic E-state index is 0.00963. The Balaban J connectivity index is 1.38. The van der Waals surface area contributed by atoms with E-state index in [9.17, 15) is 0 Å². The number of azo groups is 1. The van der Waals surface area contributed by atoms with Gasteiger partial charge in [-0.2, -0.15) is 15.3 Å². The van der Waals surface area contributed by atoms with Gasteiger partial charge in [-0.25, -0.2) is 0 Å². The molecule has 31 heavy (non-hydrogen) atoms. The van der Waals surface area contributed by atoms with Gasteiger partial charge in [-0.1, -0.05) is 54.9 Å². The maximum absolute atomic E-state index is 4.33. The molecule has 1 N–H and O–H groups in total. The van der Waals surface area contributed by atoms with Crippen LogP contribution in [-0.2, 0) is 5.41 Å². The summed E-state index contributed by atoms with van der Waals surface area (Å²) in [5.41, 5.74) is 6.61. The molecule has 0 saturated carbocycles. The molecule has 0 radical (unpaired) electrons. The van der Waals surface area contributed by atoms with Crippen LogP contribution in [0.4, 0.5) is 17.1 Å². The third kappa shape index (κ3) is 3.42. The zero-order chi connectivity index (χ0) is 21.4. The number of nitrogens with zero attached hydrogens (tertiary/aromatic N) is 4. The van der Waals surface area contributed by atoms with Crippen LogP contribution in [0, 0.1) is 0 Å². The molecule has 5 heteroatoms. The first-order valence-electron chi connectivity index (χ1n) is 10.5. The number of para-hydroxylation sites is 1. The van der Waals surface area contributed by atoms with E-state index >= 15 is 0 Å². The summed E-state index contributed by atoms with van der Waals surface area (Å²) in [5.74, 6) is 0. The van der Waals surface area contributed by atoms with Gasteiger partial charge < -0.3 is 4.90 Å². The van der Waals surface area contributed by atoms with Crippen LogP contribution in [-0.4, -0.2) is 12.1 Å². The van der Waals surface area contributed by atoms with Crippen LogP contribution in [0.3, 0.4) is 0 Å². The molecule has 0 fully saturated rings. The maximum Gasteiger partial charge on any atom is 0.235 e. The standard InChI is InChI=1S/C26H25N5/c1-26(2)22-11-7-8-12-24(22)30(3)25(26)23-17-18-31(29-23)21-15-13-20(14-16-21)28-27-19-9-5-4-6-10-19/h4-18,25H,1-3H3/p+1. The molecule has 0 amide bonds. The number of likely N-dealkylation sites (N-methyl/N-ethyl adjacent to an activating group) is 1. The molecular formula is C26H26N5+. The third-order valence-electron chi connectivity index (χ3n) is 6.16. The highest BCUT2D eigenvalue weighted by Crippen LogP contribution is 2.51. The van der Waals surface area contributed by atoms with Crippen molar-refractivity contribution in [1.82, 2.24) is 5.10 Å². The topological polar surface area (TPSA) is 47.6 Å². The smallest absolute Gasteiger partial charge is 0.235 e. The molecule has 1 atom stereocenters. The fourth-order valence-corrected chi connectivity index (χ4v) is 4.66. The highest BCUT2D eigenvalue weighted by Gasteiger charge is 2.45. The van der Waals surface area contributed by atoms with Crippen molar-refractivity contribution in [2.24, 2.45) is 10.2 Å². The number of H-pyrrole nitrogens is 1. The van der Waals surface area contributed by atoms with Crippen LogP contribution in [0.5, 0.6) is 0 Å². The van der Waals surface area contributed by atoms with Gasteiger partial charge in [-0.3, -0.25) is 0 Å². The molecular weight excluding hydrogens is 382 g/mol. The number of benzene rings is 3. The Morgan fingerprint density at radius 1 is 0.806 bits per heavy atom. The highest BCUT2D eigenvalue weighted by atomic mass is 15.3. The third-order valence-corrected chi connectivity index (χ3v) is 6.16. The van der Waals surface area contributed by atoms with E-state index in [1.165, 1.54) is 16.9 Å².